The van der Waals surface area contributed by atoms with Crippen LogP contribution in [0.5, 0.6) is 0 Å². The van der Waals surface area contributed by atoms with E-state index in [1.165, 1.54) is 0 Å². The van der Waals surface area contributed by atoms with E-state index in [9.17, 15) is 4.79 Å². The molecule has 3 heteroatoms. The molecular weight excluding hydrogens is 250 g/mol. The van der Waals surface area contributed by atoms with Crippen LogP contribution < -0.4 is 0 Å². The summed E-state index contributed by atoms with van der Waals surface area (Å²) in [6.45, 7) is 8.02. The van der Waals surface area contributed by atoms with Crippen LogP contribution in [0.2, 0.25) is 0 Å². The lowest BCUT2D eigenvalue weighted by atomic mass is 9.99. The summed E-state index contributed by atoms with van der Waals surface area (Å²) in [7, 11) is 0. The van der Waals surface area contributed by atoms with Gasteiger partial charge in [0, 0.05) is 12.1 Å². The second-order valence-corrected chi connectivity index (χ2v) is 5.76. The van der Waals surface area contributed by atoms with Crippen LogP contribution in [0.1, 0.15) is 32.8 Å². The molecule has 2 rings (SSSR count). The van der Waals surface area contributed by atoms with Crippen molar-refractivity contribution in [2.24, 2.45) is 0 Å². The molecule has 0 atom stereocenters. The zero-order chi connectivity index (χ0) is 14.6. The fraction of sp³-hybridized carbons (Fsp3) is 0.471. The summed E-state index contributed by atoms with van der Waals surface area (Å²) in [6, 6.07) is 10.0. The minimum Gasteiger partial charge on any atom is -0.377 e. The lowest BCUT2D eigenvalue weighted by Gasteiger charge is -2.42. The van der Waals surface area contributed by atoms with Gasteiger partial charge in [-0.2, -0.15) is 0 Å². The Morgan fingerprint density at radius 2 is 2.05 bits per heavy atom. The van der Waals surface area contributed by atoms with E-state index in [1.54, 1.807) is 0 Å². The Bertz CT molecular complexity index is 491. The lowest BCUT2D eigenvalue weighted by molar-refractivity contribution is -0.142. The first-order valence-corrected chi connectivity index (χ1v) is 7.20. The highest BCUT2D eigenvalue weighted by molar-refractivity contribution is 5.98. The predicted octanol–water partition coefficient (Wildman–Crippen LogP) is 3.12. The van der Waals surface area contributed by atoms with Gasteiger partial charge < -0.3 is 9.64 Å². The average Bonchev–Trinajstić information content (AvgIpc) is 2.45. The summed E-state index contributed by atoms with van der Waals surface area (Å²) >= 11 is 0. The van der Waals surface area contributed by atoms with E-state index in [0.29, 0.717) is 19.8 Å². The summed E-state index contributed by atoms with van der Waals surface area (Å²) in [4.78, 5) is 14.7. The van der Waals surface area contributed by atoms with Gasteiger partial charge in [-0.1, -0.05) is 37.3 Å². The summed E-state index contributed by atoms with van der Waals surface area (Å²) in [6.07, 6.45) is 2.73. The van der Waals surface area contributed by atoms with Crippen LogP contribution in [0, 0.1) is 0 Å². The molecule has 3 nitrogen and oxygen atoms in total. The maximum Gasteiger partial charge on any atom is 0.250 e. The molecule has 0 aliphatic carbocycles. The van der Waals surface area contributed by atoms with Crippen LogP contribution in [0.3, 0.4) is 0 Å². The summed E-state index contributed by atoms with van der Waals surface area (Å²) in [5, 5.41) is 0. The Morgan fingerprint density at radius 3 is 2.65 bits per heavy atom. The third kappa shape index (κ3) is 3.28. The molecule has 0 saturated carbocycles. The number of nitrogens with zero attached hydrogens (tertiary/aromatic N) is 1. The Labute approximate surface area is 121 Å². The van der Waals surface area contributed by atoms with Gasteiger partial charge >= 0.3 is 0 Å². The fourth-order valence-electron chi connectivity index (χ4n) is 2.47. The molecule has 1 saturated heterocycles. The van der Waals surface area contributed by atoms with Crippen molar-refractivity contribution in [1.82, 2.24) is 4.90 Å². The largest absolute Gasteiger partial charge is 0.377 e. The van der Waals surface area contributed by atoms with Gasteiger partial charge in [0.2, 0.25) is 5.91 Å². The summed E-state index contributed by atoms with van der Waals surface area (Å²) < 4.78 is 5.48. The topological polar surface area (TPSA) is 29.5 Å². The number of hydrogen-bond acceptors (Lipinski definition) is 2. The van der Waals surface area contributed by atoms with Gasteiger partial charge in [-0.25, -0.2) is 0 Å². The first-order chi connectivity index (χ1) is 9.54. The molecule has 0 spiro atoms. The number of rotatable bonds is 3. The maximum absolute atomic E-state index is 12.8. The van der Waals surface area contributed by atoms with E-state index < -0.39 is 0 Å². The minimum absolute atomic E-state index is 0.129. The van der Waals surface area contributed by atoms with Crippen molar-refractivity contribution in [1.29, 1.82) is 0 Å². The molecule has 20 heavy (non-hydrogen) atoms. The van der Waals surface area contributed by atoms with Gasteiger partial charge in [0.15, 0.2) is 0 Å². The second kappa shape index (κ2) is 6.23. The summed E-state index contributed by atoms with van der Waals surface area (Å²) in [5.41, 5.74) is 1.69. The molecule has 1 amide bonds. The number of carbonyl (C=O) groups excluding carboxylic acids is 1. The molecule has 0 radical (unpaired) electrons. The highest BCUT2D eigenvalue weighted by Crippen LogP contribution is 2.23. The number of hydrogen-bond donors (Lipinski definition) is 0. The highest BCUT2D eigenvalue weighted by Gasteiger charge is 2.34. The normalized spacial score (nSPS) is 18.9. The van der Waals surface area contributed by atoms with Crippen LogP contribution in [0.15, 0.2) is 35.9 Å². The van der Waals surface area contributed by atoms with E-state index in [2.05, 4.69) is 13.8 Å². The van der Waals surface area contributed by atoms with Crippen molar-refractivity contribution in [2.45, 2.75) is 32.7 Å². The molecule has 0 aromatic heterocycles. The molecule has 108 valence electrons. The summed E-state index contributed by atoms with van der Waals surface area (Å²) in [5.74, 6) is 0.129. The van der Waals surface area contributed by atoms with Crippen LogP contribution in [-0.2, 0) is 9.53 Å². The van der Waals surface area contributed by atoms with Gasteiger partial charge in [-0.15, -0.1) is 0 Å². The monoisotopic (exact) mass is 273 g/mol. The van der Waals surface area contributed by atoms with E-state index in [0.717, 1.165) is 17.6 Å². The molecule has 1 aliphatic rings. The van der Waals surface area contributed by atoms with Gasteiger partial charge in [-0.05, 0) is 31.9 Å². The highest BCUT2D eigenvalue weighted by atomic mass is 16.5. The Morgan fingerprint density at radius 1 is 1.35 bits per heavy atom. The molecule has 1 aromatic rings. The smallest absolute Gasteiger partial charge is 0.250 e. The molecule has 1 fully saturated rings. The number of carbonyl (C=O) groups is 1. The van der Waals surface area contributed by atoms with Crippen molar-refractivity contribution in [3.8, 4) is 0 Å². The third-order valence-corrected chi connectivity index (χ3v) is 3.69. The Balaban J connectivity index is 2.23. The van der Waals surface area contributed by atoms with Crippen LogP contribution in [-0.4, -0.2) is 36.1 Å². The van der Waals surface area contributed by atoms with E-state index in [4.69, 9.17) is 4.74 Å². The molecule has 0 N–H and O–H groups in total. The van der Waals surface area contributed by atoms with Gasteiger partial charge in [0.1, 0.15) is 0 Å². The molecule has 1 aromatic carbocycles. The van der Waals surface area contributed by atoms with Crippen molar-refractivity contribution >= 4 is 12.0 Å². The van der Waals surface area contributed by atoms with Crippen LogP contribution in [0.25, 0.3) is 6.08 Å². The van der Waals surface area contributed by atoms with E-state index in [-0.39, 0.29) is 11.4 Å². The SMILES string of the molecule is CC/C(=C\c1ccccc1)C(=O)N1CCOCC1(C)C. The molecule has 0 unspecified atom stereocenters. The first-order valence-electron chi connectivity index (χ1n) is 7.20. The molecular formula is C17H23NO2. The van der Waals surface area contributed by atoms with Crippen LogP contribution in [0.4, 0.5) is 0 Å². The number of benzene rings is 1. The minimum atomic E-state index is -0.236. The van der Waals surface area contributed by atoms with Gasteiger partial charge in [0.25, 0.3) is 0 Å². The van der Waals surface area contributed by atoms with Crippen molar-refractivity contribution in [3.63, 3.8) is 0 Å². The molecule has 1 heterocycles. The van der Waals surface area contributed by atoms with Crippen molar-refractivity contribution in [3.05, 3.63) is 41.5 Å². The number of morpholine rings is 1. The quantitative estimate of drug-likeness (QED) is 0.792. The average molecular weight is 273 g/mol. The predicted molar refractivity (Wildman–Crippen MR) is 81.3 cm³/mol. The lowest BCUT2D eigenvalue weighted by Crippen LogP contribution is -2.55. The zero-order valence-electron chi connectivity index (χ0n) is 12.6. The molecule has 0 bridgehead atoms. The number of ether oxygens (including phenoxy) is 1. The maximum atomic E-state index is 12.8. The van der Waals surface area contributed by atoms with E-state index in [1.807, 2.05) is 48.2 Å². The Kier molecular flexibility index (Phi) is 4.61. The van der Waals surface area contributed by atoms with Crippen LogP contribution >= 0.6 is 0 Å². The molecule has 1 aliphatic heterocycles. The third-order valence-electron chi connectivity index (χ3n) is 3.69. The van der Waals surface area contributed by atoms with Gasteiger partial charge in [-0.3, -0.25) is 4.79 Å². The Hall–Kier alpha value is -1.61. The first kappa shape index (κ1) is 14.8. The van der Waals surface area contributed by atoms with Crippen molar-refractivity contribution in [2.75, 3.05) is 19.8 Å². The van der Waals surface area contributed by atoms with Gasteiger partial charge in [0.05, 0.1) is 18.8 Å². The zero-order valence-corrected chi connectivity index (χ0v) is 12.6. The van der Waals surface area contributed by atoms with E-state index >= 15 is 0 Å². The second-order valence-electron chi connectivity index (χ2n) is 5.76. The van der Waals surface area contributed by atoms with Crippen molar-refractivity contribution < 1.29 is 9.53 Å². The standard InChI is InChI=1S/C17H23NO2/c1-4-15(12-14-8-6-5-7-9-14)16(19)18-10-11-20-13-17(18,2)3/h5-9,12H,4,10-11,13H2,1-3H3/b15-12+. The number of amides is 1. The fourth-order valence-corrected chi connectivity index (χ4v) is 2.47.